The van der Waals surface area contributed by atoms with Crippen molar-refractivity contribution >= 4 is 23.6 Å². The minimum Gasteiger partial charge on any atom is -0.472 e. The lowest BCUT2D eigenvalue weighted by Gasteiger charge is -2.05. The topological polar surface area (TPSA) is 73.1 Å². The molecule has 0 saturated heterocycles. The second-order valence-corrected chi connectivity index (χ2v) is 4.02. The summed E-state index contributed by atoms with van der Waals surface area (Å²) in [7, 11) is 0. The average Bonchev–Trinajstić information content (AvgIpc) is 2.46. The van der Waals surface area contributed by atoms with Crippen molar-refractivity contribution in [3.63, 3.8) is 0 Å². The predicted molar refractivity (Wildman–Crippen MR) is 75.8 cm³/mol. The van der Waals surface area contributed by atoms with Crippen molar-refractivity contribution in [2.45, 2.75) is 0 Å². The van der Waals surface area contributed by atoms with Crippen LogP contribution in [0.2, 0.25) is 5.02 Å². The standard InChI is InChI=1S/C13H13ClN4O/c14-11-9-16-13(18-15)17-12(11)19-8-4-7-10-5-2-1-3-6-10/h1-7,9H,8,15H2,(H,16,17,18)/b7-4+. The lowest BCUT2D eigenvalue weighted by Crippen LogP contribution is -2.11. The molecule has 1 aromatic heterocycles. The number of nitrogens with two attached hydrogens (primary N) is 1. The van der Waals surface area contributed by atoms with Crippen LogP contribution in [0.4, 0.5) is 5.95 Å². The van der Waals surface area contributed by atoms with Crippen LogP contribution in [0.1, 0.15) is 5.56 Å². The average molecular weight is 277 g/mol. The number of hydrazine groups is 1. The van der Waals surface area contributed by atoms with Crippen molar-refractivity contribution in [3.05, 3.63) is 53.2 Å². The third kappa shape index (κ3) is 3.94. The molecule has 0 aliphatic heterocycles. The SMILES string of the molecule is NNc1ncc(Cl)c(OC/C=C/c2ccccc2)n1. The first kappa shape index (κ1) is 13.3. The van der Waals surface area contributed by atoms with Crippen molar-refractivity contribution in [2.24, 2.45) is 5.84 Å². The molecule has 0 amide bonds. The van der Waals surface area contributed by atoms with Gasteiger partial charge in [0.15, 0.2) is 0 Å². The van der Waals surface area contributed by atoms with Gasteiger partial charge in [0.25, 0.3) is 0 Å². The van der Waals surface area contributed by atoms with Gasteiger partial charge in [0.1, 0.15) is 11.6 Å². The fraction of sp³-hybridized carbons (Fsp3) is 0.0769. The van der Waals surface area contributed by atoms with Crippen LogP contribution in [-0.2, 0) is 0 Å². The summed E-state index contributed by atoms with van der Waals surface area (Å²) in [5.41, 5.74) is 3.43. The third-order valence-corrected chi connectivity index (χ3v) is 2.53. The summed E-state index contributed by atoms with van der Waals surface area (Å²) in [6.07, 6.45) is 5.26. The van der Waals surface area contributed by atoms with Gasteiger partial charge in [-0.15, -0.1) is 0 Å². The van der Waals surface area contributed by atoms with Gasteiger partial charge in [0.2, 0.25) is 11.8 Å². The molecule has 0 aliphatic carbocycles. The van der Waals surface area contributed by atoms with Gasteiger partial charge in [-0.1, -0.05) is 48.0 Å². The molecule has 0 spiro atoms. The molecule has 0 bridgehead atoms. The Morgan fingerprint density at radius 3 is 2.84 bits per heavy atom. The van der Waals surface area contributed by atoms with Gasteiger partial charge in [0.05, 0.1) is 6.20 Å². The summed E-state index contributed by atoms with van der Waals surface area (Å²) in [6, 6.07) is 9.92. The Morgan fingerprint density at radius 1 is 1.32 bits per heavy atom. The Kier molecular flexibility index (Phi) is 4.72. The Balaban J connectivity index is 1.94. The highest BCUT2D eigenvalue weighted by Gasteiger charge is 2.04. The molecule has 0 atom stereocenters. The monoisotopic (exact) mass is 276 g/mol. The minimum atomic E-state index is 0.256. The Hall–Kier alpha value is -2.11. The van der Waals surface area contributed by atoms with Crippen molar-refractivity contribution in [1.29, 1.82) is 0 Å². The highest BCUT2D eigenvalue weighted by molar-refractivity contribution is 6.31. The molecular formula is C13H13ClN4O. The summed E-state index contributed by atoms with van der Waals surface area (Å²) in [6.45, 7) is 0.357. The molecule has 0 aliphatic rings. The number of benzene rings is 1. The normalized spacial score (nSPS) is 10.6. The lowest BCUT2D eigenvalue weighted by atomic mass is 10.2. The first-order valence-corrected chi connectivity index (χ1v) is 6.01. The zero-order valence-corrected chi connectivity index (χ0v) is 10.8. The van der Waals surface area contributed by atoms with E-state index < -0.39 is 0 Å². The van der Waals surface area contributed by atoms with E-state index in [-0.39, 0.29) is 5.95 Å². The number of halogens is 1. The maximum atomic E-state index is 5.91. The quantitative estimate of drug-likeness (QED) is 0.648. The van der Waals surface area contributed by atoms with Crippen molar-refractivity contribution in [1.82, 2.24) is 9.97 Å². The number of ether oxygens (including phenoxy) is 1. The van der Waals surface area contributed by atoms with Crippen molar-refractivity contribution in [2.75, 3.05) is 12.0 Å². The maximum Gasteiger partial charge on any atom is 0.240 e. The number of anilines is 1. The maximum absolute atomic E-state index is 5.91. The van der Waals surface area contributed by atoms with Gasteiger partial charge in [-0.3, -0.25) is 5.43 Å². The van der Waals surface area contributed by atoms with Gasteiger partial charge < -0.3 is 4.74 Å². The molecule has 0 saturated carbocycles. The van der Waals surface area contributed by atoms with E-state index >= 15 is 0 Å². The Bertz CT molecular complexity index is 560. The number of rotatable bonds is 5. The largest absolute Gasteiger partial charge is 0.472 e. The molecule has 98 valence electrons. The smallest absolute Gasteiger partial charge is 0.240 e. The molecule has 2 rings (SSSR count). The molecule has 1 aromatic carbocycles. The number of nitrogens with zero attached hydrogens (tertiary/aromatic N) is 2. The fourth-order valence-electron chi connectivity index (χ4n) is 1.40. The molecule has 5 nitrogen and oxygen atoms in total. The molecule has 0 unspecified atom stereocenters. The van der Waals surface area contributed by atoms with Crippen LogP contribution in [-0.4, -0.2) is 16.6 Å². The van der Waals surface area contributed by atoms with Crippen LogP contribution in [0, 0.1) is 0 Å². The predicted octanol–water partition coefficient (Wildman–Crippen LogP) is 2.51. The summed E-state index contributed by atoms with van der Waals surface area (Å²) in [4.78, 5) is 7.86. The highest BCUT2D eigenvalue weighted by atomic mass is 35.5. The second kappa shape index (κ2) is 6.72. The van der Waals surface area contributed by atoms with Crippen LogP contribution < -0.4 is 16.0 Å². The first-order valence-electron chi connectivity index (χ1n) is 5.63. The fourth-order valence-corrected chi connectivity index (χ4v) is 1.54. The molecule has 0 fully saturated rings. The molecule has 1 heterocycles. The summed E-state index contributed by atoms with van der Waals surface area (Å²) >= 11 is 5.91. The van der Waals surface area contributed by atoms with Gasteiger partial charge in [-0.05, 0) is 11.6 Å². The summed E-state index contributed by atoms with van der Waals surface area (Å²) in [5, 5.41) is 0.340. The van der Waals surface area contributed by atoms with Gasteiger partial charge in [-0.2, -0.15) is 4.98 Å². The van der Waals surface area contributed by atoms with Crippen molar-refractivity contribution < 1.29 is 4.74 Å². The molecular weight excluding hydrogens is 264 g/mol. The third-order valence-electron chi connectivity index (χ3n) is 2.27. The number of aromatic nitrogens is 2. The van der Waals surface area contributed by atoms with Crippen LogP contribution in [0.15, 0.2) is 42.6 Å². The van der Waals surface area contributed by atoms with E-state index in [2.05, 4.69) is 15.4 Å². The van der Waals surface area contributed by atoms with Crippen LogP contribution in [0.3, 0.4) is 0 Å². The minimum absolute atomic E-state index is 0.256. The van der Waals surface area contributed by atoms with Gasteiger partial charge in [-0.25, -0.2) is 10.8 Å². The summed E-state index contributed by atoms with van der Waals surface area (Å²) in [5.74, 6) is 5.76. The molecule has 0 radical (unpaired) electrons. The van der Waals surface area contributed by atoms with E-state index in [0.717, 1.165) is 5.56 Å². The van der Waals surface area contributed by atoms with E-state index in [0.29, 0.717) is 17.5 Å². The van der Waals surface area contributed by atoms with Gasteiger partial charge in [0, 0.05) is 0 Å². The van der Waals surface area contributed by atoms with Crippen LogP contribution >= 0.6 is 11.6 Å². The number of nitrogens with one attached hydrogen (secondary N) is 1. The summed E-state index contributed by atoms with van der Waals surface area (Å²) < 4.78 is 5.44. The zero-order chi connectivity index (χ0) is 13.5. The van der Waals surface area contributed by atoms with E-state index in [4.69, 9.17) is 22.2 Å². The van der Waals surface area contributed by atoms with Crippen molar-refractivity contribution in [3.8, 4) is 5.88 Å². The molecule has 6 heteroatoms. The number of hydrogen-bond donors (Lipinski definition) is 2. The molecule has 19 heavy (non-hydrogen) atoms. The zero-order valence-electron chi connectivity index (χ0n) is 10.1. The van der Waals surface area contributed by atoms with Crippen LogP contribution in [0.5, 0.6) is 5.88 Å². The van der Waals surface area contributed by atoms with Gasteiger partial charge >= 0.3 is 0 Å². The first-order chi connectivity index (χ1) is 9.29. The number of hydrogen-bond acceptors (Lipinski definition) is 5. The molecule has 2 aromatic rings. The van der Waals surface area contributed by atoms with E-state index in [1.165, 1.54) is 6.20 Å². The van der Waals surface area contributed by atoms with E-state index in [9.17, 15) is 0 Å². The molecule has 3 N–H and O–H groups in total. The lowest BCUT2D eigenvalue weighted by molar-refractivity contribution is 0.349. The van der Waals surface area contributed by atoms with E-state index in [1.54, 1.807) is 0 Å². The number of nitrogen functional groups attached to an aromatic ring is 1. The van der Waals surface area contributed by atoms with Crippen LogP contribution in [0.25, 0.3) is 6.08 Å². The Labute approximate surface area is 116 Å². The van der Waals surface area contributed by atoms with E-state index in [1.807, 2.05) is 42.5 Å². The highest BCUT2D eigenvalue weighted by Crippen LogP contribution is 2.21. The Morgan fingerprint density at radius 2 is 2.11 bits per heavy atom. The second-order valence-electron chi connectivity index (χ2n) is 3.62.